The first-order valence-electron chi connectivity index (χ1n) is 9.87. The molecule has 1 aliphatic rings. The number of nitrogens with zero attached hydrogens (tertiary/aromatic N) is 2. The number of benzene rings is 1. The molecule has 1 aromatic carbocycles. The summed E-state index contributed by atoms with van der Waals surface area (Å²) in [6.07, 6.45) is 2.15. The van der Waals surface area contributed by atoms with Crippen molar-refractivity contribution >= 4 is 15.9 Å². The molecule has 0 bridgehead atoms. The van der Waals surface area contributed by atoms with Crippen molar-refractivity contribution in [2.75, 3.05) is 6.54 Å². The summed E-state index contributed by atoms with van der Waals surface area (Å²) >= 11 is 0. The first kappa shape index (κ1) is 21.4. The summed E-state index contributed by atoms with van der Waals surface area (Å²) in [7, 11) is -3.67. The SMILES string of the molecule is Cc1ccc(S(=O)(=O)NCCC(=O)NC(c2nc(C3CC3)no2)C(C)C)c(C)c1. The number of amides is 1. The van der Waals surface area contributed by atoms with E-state index >= 15 is 0 Å². The normalized spacial score (nSPS) is 15.5. The van der Waals surface area contributed by atoms with E-state index in [-0.39, 0.29) is 29.7 Å². The van der Waals surface area contributed by atoms with E-state index in [1.807, 2.05) is 26.8 Å². The lowest BCUT2D eigenvalue weighted by atomic mass is 10.0. The van der Waals surface area contributed by atoms with Gasteiger partial charge in [0.15, 0.2) is 5.82 Å². The molecule has 1 aromatic heterocycles. The van der Waals surface area contributed by atoms with Crippen molar-refractivity contribution in [1.82, 2.24) is 20.2 Å². The summed E-state index contributed by atoms with van der Waals surface area (Å²) in [6, 6.07) is 4.74. The molecule has 0 aliphatic heterocycles. The second-order valence-electron chi connectivity index (χ2n) is 7.97. The van der Waals surface area contributed by atoms with Crippen molar-refractivity contribution in [3.8, 4) is 0 Å². The summed E-state index contributed by atoms with van der Waals surface area (Å²) in [6.45, 7) is 7.57. The summed E-state index contributed by atoms with van der Waals surface area (Å²) in [5.74, 6) is 1.24. The monoisotopic (exact) mass is 420 g/mol. The van der Waals surface area contributed by atoms with E-state index in [4.69, 9.17) is 4.52 Å². The van der Waals surface area contributed by atoms with Crippen LogP contribution in [0.15, 0.2) is 27.6 Å². The third kappa shape index (κ3) is 5.42. The number of carbonyl (C=O) groups is 1. The quantitative estimate of drug-likeness (QED) is 0.645. The Kier molecular flexibility index (Phi) is 6.38. The molecule has 3 rings (SSSR count). The average molecular weight is 421 g/mol. The van der Waals surface area contributed by atoms with E-state index in [0.29, 0.717) is 23.2 Å². The molecule has 8 nitrogen and oxygen atoms in total. The van der Waals surface area contributed by atoms with Crippen molar-refractivity contribution in [1.29, 1.82) is 0 Å². The van der Waals surface area contributed by atoms with Crippen LogP contribution in [0.4, 0.5) is 0 Å². The predicted molar refractivity (Wildman–Crippen MR) is 108 cm³/mol. The molecule has 0 spiro atoms. The van der Waals surface area contributed by atoms with E-state index in [1.165, 1.54) is 0 Å². The van der Waals surface area contributed by atoms with Crippen molar-refractivity contribution < 1.29 is 17.7 Å². The topological polar surface area (TPSA) is 114 Å². The Morgan fingerprint density at radius 1 is 1.28 bits per heavy atom. The maximum absolute atomic E-state index is 12.5. The molecule has 1 fully saturated rings. The molecule has 29 heavy (non-hydrogen) atoms. The van der Waals surface area contributed by atoms with Crippen LogP contribution in [-0.2, 0) is 14.8 Å². The highest BCUT2D eigenvalue weighted by Gasteiger charge is 2.31. The number of hydrogen-bond donors (Lipinski definition) is 2. The molecule has 0 saturated heterocycles. The molecule has 1 unspecified atom stereocenters. The van der Waals surface area contributed by atoms with Gasteiger partial charge in [0.2, 0.25) is 21.8 Å². The molecule has 1 saturated carbocycles. The summed E-state index contributed by atoms with van der Waals surface area (Å²) in [4.78, 5) is 17.0. The molecule has 1 atom stereocenters. The van der Waals surface area contributed by atoms with Crippen molar-refractivity contribution in [3.63, 3.8) is 0 Å². The van der Waals surface area contributed by atoms with Gasteiger partial charge in [0.1, 0.15) is 6.04 Å². The van der Waals surface area contributed by atoms with Crippen LogP contribution >= 0.6 is 0 Å². The number of nitrogens with one attached hydrogen (secondary N) is 2. The van der Waals surface area contributed by atoms with Gasteiger partial charge >= 0.3 is 0 Å². The minimum absolute atomic E-state index is 0.00343. The summed E-state index contributed by atoms with van der Waals surface area (Å²) in [5.41, 5.74) is 1.66. The highest BCUT2D eigenvalue weighted by molar-refractivity contribution is 7.89. The van der Waals surface area contributed by atoms with Crippen molar-refractivity contribution in [3.05, 3.63) is 41.0 Å². The molecular weight excluding hydrogens is 392 g/mol. The zero-order valence-corrected chi connectivity index (χ0v) is 18.0. The van der Waals surface area contributed by atoms with Crippen molar-refractivity contribution in [2.45, 2.75) is 63.8 Å². The number of hydrogen-bond acceptors (Lipinski definition) is 6. The lowest BCUT2D eigenvalue weighted by molar-refractivity contribution is -0.122. The van der Waals surface area contributed by atoms with Gasteiger partial charge in [-0.15, -0.1) is 0 Å². The highest BCUT2D eigenvalue weighted by atomic mass is 32.2. The lowest BCUT2D eigenvalue weighted by Crippen LogP contribution is -2.35. The molecule has 1 aliphatic carbocycles. The highest BCUT2D eigenvalue weighted by Crippen LogP contribution is 2.38. The lowest BCUT2D eigenvalue weighted by Gasteiger charge is -2.18. The van der Waals surface area contributed by atoms with Gasteiger partial charge in [-0.2, -0.15) is 4.98 Å². The second-order valence-corrected chi connectivity index (χ2v) is 9.71. The molecule has 2 N–H and O–H groups in total. The van der Waals surface area contributed by atoms with Crippen molar-refractivity contribution in [2.24, 2.45) is 5.92 Å². The van der Waals surface area contributed by atoms with E-state index in [1.54, 1.807) is 19.1 Å². The Morgan fingerprint density at radius 3 is 2.62 bits per heavy atom. The van der Waals surface area contributed by atoms with Gasteiger partial charge in [0.05, 0.1) is 4.90 Å². The number of sulfonamides is 1. The van der Waals surface area contributed by atoms with Gasteiger partial charge in [-0.05, 0) is 44.2 Å². The number of carbonyl (C=O) groups excluding carboxylic acids is 1. The smallest absolute Gasteiger partial charge is 0.249 e. The maximum atomic E-state index is 12.5. The third-order valence-electron chi connectivity index (χ3n) is 4.91. The molecule has 2 aromatic rings. The largest absolute Gasteiger partial charge is 0.344 e. The molecule has 0 radical (unpaired) electrons. The average Bonchev–Trinajstić information content (AvgIpc) is 3.36. The fraction of sp³-hybridized carbons (Fsp3) is 0.550. The van der Waals surface area contributed by atoms with E-state index in [9.17, 15) is 13.2 Å². The Labute approximate surface area is 171 Å². The van der Waals surface area contributed by atoms with Gasteiger partial charge in [0, 0.05) is 18.9 Å². The summed E-state index contributed by atoms with van der Waals surface area (Å²) in [5, 5.41) is 6.88. The Morgan fingerprint density at radius 2 is 2.00 bits per heavy atom. The Hall–Kier alpha value is -2.26. The first-order valence-corrected chi connectivity index (χ1v) is 11.4. The fourth-order valence-electron chi connectivity index (χ4n) is 3.12. The van der Waals surface area contributed by atoms with Gasteiger partial charge in [-0.3, -0.25) is 4.79 Å². The third-order valence-corrected chi connectivity index (χ3v) is 6.53. The predicted octanol–water partition coefficient (Wildman–Crippen LogP) is 2.75. The van der Waals surface area contributed by atoms with Gasteiger partial charge < -0.3 is 9.84 Å². The molecule has 1 amide bonds. The van der Waals surface area contributed by atoms with Gasteiger partial charge in [-0.1, -0.05) is 36.7 Å². The molecule has 158 valence electrons. The van der Waals surface area contributed by atoms with Crippen LogP contribution < -0.4 is 10.0 Å². The number of aryl methyl sites for hydroxylation is 2. The Bertz CT molecular complexity index is 980. The molecule has 1 heterocycles. The minimum Gasteiger partial charge on any atom is -0.344 e. The minimum atomic E-state index is -3.67. The van der Waals surface area contributed by atoms with E-state index in [0.717, 1.165) is 18.4 Å². The maximum Gasteiger partial charge on any atom is 0.249 e. The van der Waals surface area contributed by atoms with E-state index < -0.39 is 16.1 Å². The van der Waals surface area contributed by atoms with Gasteiger partial charge in [-0.25, -0.2) is 13.1 Å². The number of aromatic nitrogens is 2. The summed E-state index contributed by atoms with van der Waals surface area (Å²) < 4.78 is 32.8. The first-order chi connectivity index (χ1) is 13.7. The van der Waals surface area contributed by atoms with E-state index in [2.05, 4.69) is 20.2 Å². The van der Waals surface area contributed by atoms with Crippen LogP contribution in [0.5, 0.6) is 0 Å². The molecule has 9 heteroatoms. The molecular formula is C20H28N4O4S. The number of rotatable bonds is 9. The second kappa shape index (κ2) is 8.62. The zero-order valence-electron chi connectivity index (χ0n) is 17.2. The van der Waals surface area contributed by atoms with Crippen LogP contribution in [0.3, 0.4) is 0 Å². The Balaban J connectivity index is 1.56. The van der Waals surface area contributed by atoms with Crippen LogP contribution in [0.2, 0.25) is 0 Å². The van der Waals surface area contributed by atoms with Crippen LogP contribution in [-0.4, -0.2) is 31.0 Å². The standard InChI is InChI=1S/C20H28N4O4S/c1-12(2)18(20-23-19(24-28-20)15-6-7-15)22-17(25)9-10-21-29(26,27)16-8-5-13(3)11-14(16)4/h5,8,11-12,15,18,21H,6-7,9-10H2,1-4H3,(H,22,25). The van der Waals surface area contributed by atoms with Crippen LogP contribution in [0, 0.1) is 19.8 Å². The van der Waals surface area contributed by atoms with Crippen LogP contribution in [0.25, 0.3) is 0 Å². The zero-order chi connectivity index (χ0) is 21.2. The van der Waals surface area contributed by atoms with Crippen LogP contribution in [0.1, 0.15) is 67.9 Å². The van der Waals surface area contributed by atoms with Gasteiger partial charge in [0.25, 0.3) is 0 Å². The fourth-order valence-corrected chi connectivity index (χ4v) is 4.37.